The fraction of sp³-hybridized carbons (Fsp3) is 0.933. The van der Waals surface area contributed by atoms with Gasteiger partial charge in [0.2, 0.25) is 0 Å². The second-order valence-corrected chi connectivity index (χ2v) is 9.43. The Morgan fingerprint density at radius 3 is 1.89 bits per heavy atom. The van der Waals surface area contributed by atoms with Gasteiger partial charge in [0.15, 0.2) is 0 Å². The molecule has 0 rings (SSSR count). The van der Waals surface area contributed by atoms with Crippen LogP contribution >= 0.6 is 22.9 Å². The zero-order chi connectivity index (χ0) is 15.5. The zero-order valence-corrected chi connectivity index (χ0v) is 15.9. The number of rotatable bonds is 5. The first-order chi connectivity index (χ1) is 8.29. The highest BCUT2D eigenvalue weighted by atomic mass is 127. The molecule has 1 unspecified atom stereocenters. The van der Waals surface area contributed by atoms with Crippen molar-refractivity contribution in [2.24, 2.45) is 16.2 Å². The van der Waals surface area contributed by atoms with Crippen LogP contribution in [0.15, 0.2) is 0 Å². The lowest BCUT2D eigenvalue weighted by molar-refractivity contribution is -0.164. The van der Waals surface area contributed by atoms with Gasteiger partial charge >= 0.3 is 5.97 Å². The third kappa shape index (κ3) is 6.43. The van der Waals surface area contributed by atoms with Crippen LogP contribution in [0.5, 0.6) is 0 Å². The van der Waals surface area contributed by atoms with Crippen molar-refractivity contribution in [3.8, 4) is 0 Å². The first kappa shape index (κ1) is 19.2. The number of ether oxygens (including phenoxy) is 1. The van der Waals surface area contributed by atoms with E-state index in [2.05, 4.69) is 64.4 Å². The van der Waals surface area contributed by atoms with Crippen LogP contribution in [0.4, 0.5) is 0 Å². The van der Waals surface area contributed by atoms with E-state index in [4.69, 9.17) is 4.74 Å². The Labute approximate surface area is 133 Å². The number of esters is 1. The SMILES string of the molecule is CN(I)CCOC(=O)C(C)(CC(C)(C)C)C(C)(C)C. The van der Waals surface area contributed by atoms with Gasteiger partial charge in [-0.25, -0.2) is 3.11 Å². The van der Waals surface area contributed by atoms with Gasteiger partial charge in [0.05, 0.1) is 5.41 Å². The molecule has 19 heavy (non-hydrogen) atoms. The van der Waals surface area contributed by atoms with Gasteiger partial charge in [-0.1, -0.05) is 41.5 Å². The van der Waals surface area contributed by atoms with Crippen LogP contribution in [0.3, 0.4) is 0 Å². The number of nitrogens with zero attached hydrogens (tertiary/aromatic N) is 1. The highest BCUT2D eigenvalue weighted by molar-refractivity contribution is 14.1. The Morgan fingerprint density at radius 1 is 1.11 bits per heavy atom. The lowest BCUT2D eigenvalue weighted by atomic mass is 9.61. The summed E-state index contributed by atoms with van der Waals surface area (Å²) >= 11 is 2.19. The number of carbonyl (C=O) groups excluding carboxylic acids is 1. The Morgan fingerprint density at radius 2 is 1.58 bits per heavy atom. The van der Waals surface area contributed by atoms with Gasteiger partial charge in [0, 0.05) is 29.4 Å². The van der Waals surface area contributed by atoms with E-state index in [1.807, 2.05) is 17.1 Å². The average molecular weight is 383 g/mol. The van der Waals surface area contributed by atoms with E-state index in [1.165, 1.54) is 0 Å². The predicted molar refractivity (Wildman–Crippen MR) is 89.2 cm³/mol. The quantitative estimate of drug-likeness (QED) is 0.403. The largest absolute Gasteiger partial charge is 0.464 e. The van der Waals surface area contributed by atoms with Crippen LogP contribution in [0.2, 0.25) is 0 Å². The molecule has 0 radical (unpaired) electrons. The molecule has 0 aliphatic rings. The Kier molecular flexibility index (Phi) is 6.80. The summed E-state index contributed by atoms with van der Waals surface area (Å²) in [6.07, 6.45) is 0.822. The maximum absolute atomic E-state index is 12.5. The second kappa shape index (κ2) is 6.74. The van der Waals surface area contributed by atoms with Crippen LogP contribution in [-0.4, -0.2) is 29.3 Å². The van der Waals surface area contributed by atoms with Gasteiger partial charge in [-0.2, -0.15) is 0 Å². The molecular formula is C15H30INO2. The minimum atomic E-state index is -0.463. The third-order valence-corrected chi connectivity index (χ3v) is 4.10. The summed E-state index contributed by atoms with van der Waals surface area (Å²) in [6, 6.07) is 0. The first-order valence-electron chi connectivity index (χ1n) is 6.84. The molecule has 0 bridgehead atoms. The monoisotopic (exact) mass is 383 g/mol. The normalized spacial score (nSPS) is 16.3. The number of halogens is 1. The standard InChI is InChI=1S/C15H30INO2/c1-13(2,3)11-15(7,14(4,5)6)12(18)19-10-9-17(8)16/h9-11H2,1-8H3. The second-order valence-electron chi connectivity index (χ2n) is 7.78. The molecule has 1 atom stereocenters. The van der Waals surface area contributed by atoms with Gasteiger partial charge in [-0.15, -0.1) is 0 Å². The summed E-state index contributed by atoms with van der Waals surface area (Å²) in [4.78, 5) is 12.5. The van der Waals surface area contributed by atoms with Crippen molar-refractivity contribution in [3.63, 3.8) is 0 Å². The number of hydrogen-bond donors (Lipinski definition) is 0. The average Bonchev–Trinajstić information content (AvgIpc) is 2.12. The van der Waals surface area contributed by atoms with E-state index in [9.17, 15) is 4.79 Å². The van der Waals surface area contributed by atoms with E-state index in [0.29, 0.717) is 6.61 Å². The molecule has 0 amide bonds. The van der Waals surface area contributed by atoms with Crippen molar-refractivity contribution in [1.29, 1.82) is 0 Å². The molecule has 0 saturated carbocycles. The molecule has 0 spiro atoms. The lowest BCUT2D eigenvalue weighted by Gasteiger charge is -2.43. The van der Waals surface area contributed by atoms with Gasteiger partial charge in [0.1, 0.15) is 6.61 Å². The van der Waals surface area contributed by atoms with Gasteiger partial charge in [-0.05, 0) is 31.2 Å². The van der Waals surface area contributed by atoms with Gasteiger partial charge < -0.3 is 4.74 Å². The van der Waals surface area contributed by atoms with E-state index in [1.54, 1.807) is 0 Å². The smallest absolute Gasteiger partial charge is 0.312 e. The summed E-state index contributed by atoms with van der Waals surface area (Å²) in [5.41, 5.74) is -0.482. The van der Waals surface area contributed by atoms with E-state index in [0.717, 1.165) is 13.0 Å². The van der Waals surface area contributed by atoms with Crippen LogP contribution in [0.25, 0.3) is 0 Å². The molecule has 0 aliphatic heterocycles. The van der Waals surface area contributed by atoms with Crippen molar-refractivity contribution in [1.82, 2.24) is 3.11 Å². The molecule has 4 heteroatoms. The van der Waals surface area contributed by atoms with Crippen molar-refractivity contribution in [3.05, 3.63) is 0 Å². The van der Waals surface area contributed by atoms with E-state index >= 15 is 0 Å². The maximum atomic E-state index is 12.5. The summed E-state index contributed by atoms with van der Waals surface area (Å²) in [5, 5.41) is 0. The van der Waals surface area contributed by atoms with Crippen LogP contribution in [-0.2, 0) is 9.53 Å². The van der Waals surface area contributed by atoms with E-state index < -0.39 is 5.41 Å². The van der Waals surface area contributed by atoms with Gasteiger partial charge in [-0.3, -0.25) is 4.79 Å². The maximum Gasteiger partial charge on any atom is 0.312 e. The number of carbonyl (C=O) groups is 1. The lowest BCUT2D eigenvalue weighted by Crippen LogP contribution is -2.44. The molecule has 3 nitrogen and oxygen atoms in total. The summed E-state index contributed by atoms with van der Waals surface area (Å²) in [5.74, 6) is -0.0758. The summed E-state index contributed by atoms with van der Waals surface area (Å²) < 4.78 is 7.49. The molecule has 114 valence electrons. The third-order valence-electron chi connectivity index (χ3n) is 3.62. The molecule has 0 aliphatic carbocycles. The highest BCUT2D eigenvalue weighted by Crippen LogP contribution is 2.47. The Bertz CT molecular complexity index is 302. The Hall–Kier alpha value is 0.160. The molecule has 0 aromatic rings. The Balaban J connectivity index is 4.91. The van der Waals surface area contributed by atoms with Crippen molar-refractivity contribution < 1.29 is 9.53 Å². The van der Waals surface area contributed by atoms with Crippen molar-refractivity contribution in [2.45, 2.75) is 54.9 Å². The highest BCUT2D eigenvalue weighted by Gasteiger charge is 2.47. The number of hydrogen-bond acceptors (Lipinski definition) is 3. The summed E-state index contributed by atoms with van der Waals surface area (Å²) in [6.45, 7) is 16.1. The molecule has 0 aromatic heterocycles. The molecule has 0 N–H and O–H groups in total. The van der Waals surface area contributed by atoms with E-state index in [-0.39, 0.29) is 16.8 Å². The van der Waals surface area contributed by atoms with Crippen LogP contribution < -0.4 is 0 Å². The zero-order valence-electron chi connectivity index (χ0n) is 13.8. The van der Waals surface area contributed by atoms with Crippen molar-refractivity contribution >= 4 is 28.8 Å². The fourth-order valence-electron chi connectivity index (χ4n) is 2.13. The molecule has 0 fully saturated rings. The topological polar surface area (TPSA) is 29.5 Å². The minimum Gasteiger partial charge on any atom is -0.464 e. The van der Waals surface area contributed by atoms with Crippen molar-refractivity contribution in [2.75, 3.05) is 20.2 Å². The van der Waals surface area contributed by atoms with Crippen LogP contribution in [0, 0.1) is 16.2 Å². The summed E-state index contributed by atoms with van der Waals surface area (Å²) in [7, 11) is 1.96. The first-order valence-corrected chi connectivity index (χ1v) is 7.80. The molecular weight excluding hydrogens is 353 g/mol. The minimum absolute atomic E-state index is 0.0758. The van der Waals surface area contributed by atoms with Gasteiger partial charge in [0.25, 0.3) is 0 Å². The fourth-order valence-corrected chi connectivity index (χ4v) is 2.32. The molecule has 0 saturated heterocycles. The molecule has 0 heterocycles. The number of likely N-dealkylation sites (N-methyl/N-ethyl adjacent to an activating group) is 1. The predicted octanol–water partition coefficient (Wildman–Crippen LogP) is 4.30. The molecule has 0 aromatic carbocycles. The van der Waals surface area contributed by atoms with Crippen LogP contribution in [0.1, 0.15) is 54.9 Å².